The maximum absolute atomic E-state index is 11.9. The first kappa shape index (κ1) is 15.7. The summed E-state index contributed by atoms with van der Waals surface area (Å²) in [5, 5.41) is 17.0. The Kier molecular flexibility index (Phi) is 5.26. The number of aromatic nitrogens is 3. The van der Waals surface area contributed by atoms with Crippen molar-refractivity contribution in [3.05, 3.63) is 41.2 Å². The largest absolute Gasteiger partial charge is 0.462 e. The van der Waals surface area contributed by atoms with Crippen molar-refractivity contribution in [2.45, 2.75) is 33.1 Å². The van der Waals surface area contributed by atoms with E-state index < -0.39 is 0 Å². The number of nitrogens with zero attached hydrogens (tertiary/aromatic N) is 4. The van der Waals surface area contributed by atoms with E-state index >= 15 is 0 Å². The molecule has 0 spiro atoms. The molecule has 22 heavy (non-hydrogen) atoms. The lowest BCUT2D eigenvalue weighted by Gasteiger charge is -2.08. The van der Waals surface area contributed by atoms with E-state index in [2.05, 4.69) is 10.3 Å². The third kappa shape index (κ3) is 3.31. The maximum atomic E-state index is 11.9. The van der Waals surface area contributed by atoms with Gasteiger partial charge in [0.2, 0.25) is 0 Å². The molecule has 0 saturated carbocycles. The summed E-state index contributed by atoms with van der Waals surface area (Å²) in [5.41, 5.74) is 2.23. The molecule has 2 aromatic rings. The van der Waals surface area contributed by atoms with Crippen molar-refractivity contribution < 1.29 is 9.53 Å². The average molecular weight is 298 g/mol. The van der Waals surface area contributed by atoms with Crippen LogP contribution in [0.3, 0.4) is 0 Å². The van der Waals surface area contributed by atoms with Gasteiger partial charge in [0.1, 0.15) is 6.07 Å². The quantitative estimate of drug-likeness (QED) is 0.766. The van der Waals surface area contributed by atoms with Crippen molar-refractivity contribution in [1.29, 1.82) is 5.26 Å². The average Bonchev–Trinajstić information content (AvgIpc) is 2.96. The molecule has 0 radical (unpaired) electrons. The smallest absolute Gasteiger partial charge is 0.338 e. The summed E-state index contributed by atoms with van der Waals surface area (Å²) in [6, 6.07) is 9.04. The van der Waals surface area contributed by atoms with E-state index in [9.17, 15) is 4.79 Å². The number of nitriles is 1. The fourth-order valence-electron chi connectivity index (χ4n) is 2.10. The fraction of sp³-hybridized carbons (Fsp3) is 0.375. The molecule has 1 aromatic carbocycles. The van der Waals surface area contributed by atoms with Crippen LogP contribution in [0.4, 0.5) is 0 Å². The van der Waals surface area contributed by atoms with Crippen molar-refractivity contribution in [2.24, 2.45) is 0 Å². The number of rotatable bonds is 6. The van der Waals surface area contributed by atoms with Gasteiger partial charge in [0, 0.05) is 0 Å². The second-order valence-corrected chi connectivity index (χ2v) is 4.84. The maximum Gasteiger partial charge on any atom is 0.338 e. The van der Waals surface area contributed by atoms with Gasteiger partial charge in [-0.1, -0.05) is 31.5 Å². The molecule has 0 N–H and O–H groups in total. The normalized spacial score (nSPS) is 10.2. The Morgan fingerprint density at radius 1 is 1.36 bits per heavy atom. The molecule has 1 heterocycles. The first-order valence-corrected chi connectivity index (χ1v) is 7.33. The predicted octanol–water partition coefficient (Wildman–Crippen LogP) is 2.66. The van der Waals surface area contributed by atoms with E-state index in [0.29, 0.717) is 30.0 Å². The molecular weight excluding hydrogens is 280 g/mol. The van der Waals surface area contributed by atoms with Crippen LogP contribution in [0.25, 0.3) is 5.69 Å². The molecule has 0 atom stereocenters. The molecule has 0 amide bonds. The van der Waals surface area contributed by atoms with Gasteiger partial charge in [-0.3, -0.25) is 0 Å². The number of esters is 1. The molecule has 0 aliphatic heterocycles. The summed E-state index contributed by atoms with van der Waals surface area (Å²) in [7, 11) is 0. The lowest BCUT2D eigenvalue weighted by Crippen LogP contribution is -2.08. The van der Waals surface area contributed by atoms with Gasteiger partial charge in [0.15, 0.2) is 5.69 Å². The Labute approximate surface area is 129 Å². The molecule has 0 unspecified atom stereocenters. The molecule has 0 aliphatic rings. The van der Waals surface area contributed by atoms with E-state index in [0.717, 1.165) is 18.5 Å². The van der Waals surface area contributed by atoms with Crippen LogP contribution in [0.5, 0.6) is 0 Å². The highest BCUT2D eigenvalue weighted by atomic mass is 16.5. The van der Waals surface area contributed by atoms with Crippen molar-refractivity contribution in [2.75, 3.05) is 6.61 Å². The van der Waals surface area contributed by atoms with E-state index in [4.69, 9.17) is 10.00 Å². The highest BCUT2D eigenvalue weighted by Gasteiger charge is 2.15. The second kappa shape index (κ2) is 7.36. The summed E-state index contributed by atoms with van der Waals surface area (Å²) in [5.74, 6) is -0.360. The third-order valence-corrected chi connectivity index (χ3v) is 3.12. The van der Waals surface area contributed by atoms with Crippen molar-refractivity contribution in [1.82, 2.24) is 15.0 Å². The first-order chi connectivity index (χ1) is 10.7. The van der Waals surface area contributed by atoms with Gasteiger partial charge in [-0.25, -0.2) is 9.48 Å². The van der Waals surface area contributed by atoms with Gasteiger partial charge in [-0.2, -0.15) is 5.26 Å². The van der Waals surface area contributed by atoms with Crippen LogP contribution in [-0.2, 0) is 11.2 Å². The summed E-state index contributed by atoms with van der Waals surface area (Å²) in [6.45, 7) is 4.36. The molecule has 0 bridgehead atoms. The first-order valence-electron chi connectivity index (χ1n) is 7.33. The molecule has 114 valence electrons. The molecule has 0 saturated heterocycles. The summed E-state index contributed by atoms with van der Waals surface area (Å²) in [4.78, 5) is 11.9. The van der Waals surface area contributed by atoms with Crippen LogP contribution < -0.4 is 0 Å². The topological polar surface area (TPSA) is 80.8 Å². The van der Waals surface area contributed by atoms with Gasteiger partial charge < -0.3 is 4.74 Å². The summed E-state index contributed by atoms with van der Waals surface area (Å²) in [6.07, 6.45) is 2.35. The molecule has 6 nitrogen and oxygen atoms in total. The lowest BCUT2D eigenvalue weighted by atomic mass is 10.1. The number of hydrogen-bond acceptors (Lipinski definition) is 5. The van der Waals surface area contributed by atoms with Gasteiger partial charge in [0.25, 0.3) is 0 Å². The van der Waals surface area contributed by atoms with Crippen molar-refractivity contribution in [3.63, 3.8) is 0 Å². The third-order valence-electron chi connectivity index (χ3n) is 3.12. The van der Waals surface area contributed by atoms with E-state index in [1.54, 1.807) is 22.9 Å². The Hall–Kier alpha value is -2.68. The van der Waals surface area contributed by atoms with Crippen LogP contribution >= 0.6 is 0 Å². The van der Waals surface area contributed by atoms with Crippen molar-refractivity contribution in [3.8, 4) is 11.8 Å². The molecule has 0 aliphatic carbocycles. The molecular formula is C16H18N4O2. The minimum absolute atomic E-state index is 0.320. The Morgan fingerprint density at radius 3 is 2.86 bits per heavy atom. The highest BCUT2D eigenvalue weighted by molar-refractivity contribution is 5.90. The van der Waals surface area contributed by atoms with Crippen LogP contribution in [0.2, 0.25) is 0 Å². The number of carbonyl (C=O) groups is 1. The number of benzene rings is 1. The van der Waals surface area contributed by atoms with Crippen LogP contribution in [-0.4, -0.2) is 27.6 Å². The van der Waals surface area contributed by atoms with Crippen molar-refractivity contribution >= 4 is 5.97 Å². The Balaban J connectivity index is 2.36. The van der Waals surface area contributed by atoms with Gasteiger partial charge in [-0.05, 0) is 31.0 Å². The second-order valence-electron chi connectivity index (χ2n) is 4.84. The van der Waals surface area contributed by atoms with E-state index in [1.807, 2.05) is 26.0 Å². The number of hydrogen-bond donors (Lipinski definition) is 0. The SMILES string of the molecule is CCCOC(=O)c1cccc(-n2nnc(C#N)c2CCC)c1. The van der Waals surface area contributed by atoms with E-state index in [1.165, 1.54) is 0 Å². The molecule has 6 heteroatoms. The lowest BCUT2D eigenvalue weighted by molar-refractivity contribution is 0.0505. The minimum Gasteiger partial charge on any atom is -0.462 e. The predicted molar refractivity (Wildman–Crippen MR) is 80.6 cm³/mol. The highest BCUT2D eigenvalue weighted by Crippen LogP contribution is 2.16. The monoisotopic (exact) mass is 298 g/mol. The molecule has 0 fully saturated rings. The zero-order chi connectivity index (χ0) is 15.9. The number of carbonyl (C=O) groups excluding carboxylic acids is 1. The standard InChI is InChI=1S/C16H18N4O2/c1-3-6-15-14(11-17)18-19-20(15)13-8-5-7-12(10-13)16(21)22-9-4-2/h5,7-8,10H,3-4,6,9H2,1-2H3. The Bertz CT molecular complexity index is 700. The molecule has 2 rings (SSSR count). The minimum atomic E-state index is -0.360. The van der Waals surface area contributed by atoms with Crippen LogP contribution in [0, 0.1) is 11.3 Å². The number of ether oxygens (including phenoxy) is 1. The fourth-order valence-corrected chi connectivity index (χ4v) is 2.10. The Morgan fingerprint density at radius 2 is 2.18 bits per heavy atom. The summed E-state index contributed by atoms with van der Waals surface area (Å²) < 4.78 is 6.75. The van der Waals surface area contributed by atoms with Gasteiger partial charge in [0.05, 0.1) is 23.6 Å². The van der Waals surface area contributed by atoms with Crippen LogP contribution in [0.15, 0.2) is 24.3 Å². The summed E-state index contributed by atoms with van der Waals surface area (Å²) >= 11 is 0. The van der Waals surface area contributed by atoms with Gasteiger partial charge >= 0.3 is 5.97 Å². The van der Waals surface area contributed by atoms with Crippen LogP contribution in [0.1, 0.15) is 48.4 Å². The molecule has 1 aromatic heterocycles. The zero-order valence-electron chi connectivity index (χ0n) is 12.7. The zero-order valence-corrected chi connectivity index (χ0v) is 12.7. The van der Waals surface area contributed by atoms with E-state index in [-0.39, 0.29) is 5.97 Å². The van der Waals surface area contributed by atoms with Gasteiger partial charge in [-0.15, -0.1) is 5.10 Å².